The highest BCUT2D eigenvalue weighted by molar-refractivity contribution is 5.83. The standard InChI is InChI=1S/C11H17NO4/c1-2-9-8(3-4-16-9)10(13)12-5-7(6-12)11(14)15/h7-9H,2-6H2,1H3,(H,14,15). The van der Waals surface area contributed by atoms with Crippen LogP contribution in [0.15, 0.2) is 0 Å². The first-order valence-corrected chi connectivity index (χ1v) is 5.76. The first-order chi connectivity index (χ1) is 7.63. The highest BCUT2D eigenvalue weighted by Gasteiger charge is 2.42. The van der Waals surface area contributed by atoms with E-state index in [4.69, 9.17) is 9.84 Å². The summed E-state index contributed by atoms with van der Waals surface area (Å²) in [5, 5.41) is 8.73. The van der Waals surface area contributed by atoms with Gasteiger partial charge in [-0.2, -0.15) is 0 Å². The number of carboxylic acid groups (broad SMARTS) is 1. The van der Waals surface area contributed by atoms with E-state index in [2.05, 4.69) is 0 Å². The van der Waals surface area contributed by atoms with E-state index in [1.807, 2.05) is 6.92 Å². The normalized spacial score (nSPS) is 30.2. The second kappa shape index (κ2) is 4.41. The average molecular weight is 227 g/mol. The molecule has 2 unspecified atom stereocenters. The third-order valence-corrected chi connectivity index (χ3v) is 3.47. The van der Waals surface area contributed by atoms with Crippen LogP contribution in [0.4, 0.5) is 0 Å². The van der Waals surface area contributed by atoms with Crippen LogP contribution in [0.2, 0.25) is 0 Å². The Morgan fingerprint density at radius 1 is 1.44 bits per heavy atom. The number of ether oxygens (including phenoxy) is 1. The van der Waals surface area contributed by atoms with Crippen LogP contribution in [-0.4, -0.2) is 47.7 Å². The van der Waals surface area contributed by atoms with Crippen molar-refractivity contribution in [2.45, 2.75) is 25.9 Å². The lowest BCUT2D eigenvalue weighted by molar-refractivity contribution is -0.155. The Morgan fingerprint density at radius 2 is 2.12 bits per heavy atom. The SMILES string of the molecule is CCC1OCCC1C(=O)N1CC(C(=O)O)C1. The molecule has 0 aromatic rings. The third-order valence-electron chi connectivity index (χ3n) is 3.47. The van der Waals surface area contributed by atoms with Crippen LogP contribution in [0.25, 0.3) is 0 Å². The zero-order valence-electron chi connectivity index (χ0n) is 9.39. The molecule has 1 amide bonds. The highest BCUT2D eigenvalue weighted by atomic mass is 16.5. The lowest BCUT2D eigenvalue weighted by Crippen LogP contribution is -2.55. The van der Waals surface area contributed by atoms with Gasteiger partial charge in [0.2, 0.25) is 5.91 Å². The van der Waals surface area contributed by atoms with Crippen LogP contribution >= 0.6 is 0 Å². The summed E-state index contributed by atoms with van der Waals surface area (Å²) in [5.41, 5.74) is 0. The smallest absolute Gasteiger partial charge is 0.310 e. The van der Waals surface area contributed by atoms with E-state index in [9.17, 15) is 9.59 Å². The lowest BCUT2D eigenvalue weighted by Gasteiger charge is -2.38. The van der Waals surface area contributed by atoms with Crippen LogP contribution in [0.3, 0.4) is 0 Å². The number of carbonyl (C=O) groups excluding carboxylic acids is 1. The second-order valence-corrected chi connectivity index (χ2v) is 4.49. The van der Waals surface area contributed by atoms with Gasteiger partial charge in [0.15, 0.2) is 0 Å². The maximum absolute atomic E-state index is 12.0. The first kappa shape index (κ1) is 11.4. The molecule has 2 fully saturated rings. The molecule has 0 aliphatic carbocycles. The molecule has 5 nitrogen and oxygen atoms in total. The van der Waals surface area contributed by atoms with Gasteiger partial charge >= 0.3 is 5.97 Å². The summed E-state index contributed by atoms with van der Waals surface area (Å²) in [5.74, 6) is -1.16. The van der Waals surface area contributed by atoms with E-state index in [0.717, 1.165) is 12.8 Å². The Labute approximate surface area is 94.4 Å². The van der Waals surface area contributed by atoms with E-state index in [1.54, 1.807) is 4.90 Å². The van der Waals surface area contributed by atoms with Gasteiger partial charge in [0.05, 0.1) is 17.9 Å². The quantitative estimate of drug-likeness (QED) is 0.755. The molecule has 0 aromatic carbocycles. The molecule has 0 saturated carbocycles. The number of hydrogen-bond donors (Lipinski definition) is 1. The van der Waals surface area contributed by atoms with Gasteiger partial charge in [-0.3, -0.25) is 9.59 Å². The maximum Gasteiger partial charge on any atom is 0.310 e. The minimum Gasteiger partial charge on any atom is -0.481 e. The molecule has 2 atom stereocenters. The predicted molar refractivity (Wildman–Crippen MR) is 55.8 cm³/mol. The summed E-state index contributed by atoms with van der Waals surface area (Å²) >= 11 is 0. The number of carboxylic acids is 1. The molecule has 2 saturated heterocycles. The molecular weight excluding hydrogens is 210 g/mol. The third kappa shape index (κ3) is 1.91. The minimum atomic E-state index is -0.807. The van der Waals surface area contributed by atoms with Gasteiger partial charge in [-0.05, 0) is 12.8 Å². The van der Waals surface area contributed by atoms with Gasteiger partial charge in [0.1, 0.15) is 0 Å². The fraction of sp³-hybridized carbons (Fsp3) is 0.818. The minimum absolute atomic E-state index is 0.0244. The largest absolute Gasteiger partial charge is 0.481 e. The molecule has 90 valence electrons. The number of nitrogens with zero attached hydrogens (tertiary/aromatic N) is 1. The Kier molecular flexibility index (Phi) is 3.14. The topological polar surface area (TPSA) is 66.8 Å². The maximum atomic E-state index is 12.0. The average Bonchev–Trinajstić information content (AvgIpc) is 2.61. The summed E-state index contributed by atoms with van der Waals surface area (Å²) < 4.78 is 5.47. The Hall–Kier alpha value is -1.10. The summed E-state index contributed by atoms with van der Waals surface area (Å²) in [6.45, 7) is 3.37. The monoisotopic (exact) mass is 227 g/mol. The first-order valence-electron chi connectivity index (χ1n) is 5.76. The van der Waals surface area contributed by atoms with Gasteiger partial charge in [-0.15, -0.1) is 0 Å². The van der Waals surface area contributed by atoms with Crippen molar-refractivity contribution < 1.29 is 19.4 Å². The van der Waals surface area contributed by atoms with Crippen molar-refractivity contribution in [3.63, 3.8) is 0 Å². The molecular formula is C11H17NO4. The molecule has 2 heterocycles. The predicted octanol–water partition coefficient (Wildman–Crippen LogP) is 0.344. The van der Waals surface area contributed by atoms with Crippen LogP contribution in [0, 0.1) is 11.8 Å². The van der Waals surface area contributed by atoms with Crippen molar-refractivity contribution in [1.82, 2.24) is 4.90 Å². The van der Waals surface area contributed by atoms with Crippen molar-refractivity contribution in [2.75, 3.05) is 19.7 Å². The zero-order chi connectivity index (χ0) is 11.7. The van der Waals surface area contributed by atoms with E-state index < -0.39 is 5.97 Å². The molecule has 1 N–H and O–H groups in total. The van der Waals surface area contributed by atoms with Crippen LogP contribution in [0.1, 0.15) is 19.8 Å². The number of carbonyl (C=O) groups is 2. The van der Waals surface area contributed by atoms with Crippen molar-refractivity contribution in [2.24, 2.45) is 11.8 Å². The van der Waals surface area contributed by atoms with Gasteiger partial charge in [-0.25, -0.2) is 0 Å². The molecule has 0 radical (unpaired) electrons. The number of rotatable bonds is 3. The van der Waals surface area contributed by atoms with Crippen molar-refractivity contribution in [3.8, 4) is 0 Å². The van der Waals surface area contributed by atoms with Crippen molar-refractivity contribution in [3.05, 3.63) is 0 Å². The number of likely N-dealkylation sites (tertiary alicyclic amines) is 1. The van der Waals surface area contributed by atoms with Gasteiger partial charge in [0.25, 0.3) is 0 Å². The lowest BCUT2D eigenvalue weighted by atomic mass is 9.93. The van der Waals surface area contributed by atoms with Crippen LogP contribution in [0.5, 0.6) is 0 Å². The fourth-order valence-corrected chi connectivity index (χ4v) is 2.38. The summed E-state index contributed by atoms with van der Waals surface area (Å²) in [6.07, 6.45) is 1.63. The van der Waals surface area contributed by atoms with E-state index in [0.29, 0.717) is 19.7 Å². The molecule has 0 spiro atoms. The Balaban J connectivity index is 1.87. The van der Waals surface area contributed by atoms with Crippen molar-refractivity contribution in [1.29, 1.82) is 0 Å². The molecule has 2 aliphatic heterocycles. The number of aliphatic carboxylic acids is 1. The number of hydrogen-bond acceptors (Lipinski definition) is 3. The van der Waals surface area contributed by atoms with E-state index >= 15 is 0 Å². The van der Waals surface area contributed by atoms with Crippen LogP contribution < -0.4 is 0 Å². The molecule has 0 bridgehead atoms. The molecule has 16 heavy (non-hydrogen) atoms. The highest BCUT2D eigenvalue weighted by Crippen LogP contribution is 2.28. The summed E-state index contributed by atoms with van der Waals surface area (Å²) in [6, 6.07) is 0. The molecule has 0 aromatic heterocycles. The van der Waals surface area contributed by atoms with Crippen LogP contribution in [-0.2, 0) is 14.3 Å². The Morgan fingerprint density at radius 3 is 2.69 bits per heavy atom. The number of amides is 1. The van der Waals surface area contributed by atoms with E-state index in [1.165, 1.54) is 0 Å². The van der Waals surface area contributed by atoms with Gasteiger partial charge in [0, 0.05) is 19.7 Å². The fourth-order valence-electron chi connectivity index (χ4n) is 2.38. The molecule has 5 heteroatoms. The van der Waals surface area contributed by atoms with E-state index in [-0.39, 0.29) is 23.8 Å². The molecule has 2 aliphatic rings. The second-order valence-electron chi connectivity index (χ2n) is 4.49. The zero-order valence-corrected chi connectivity index (χ0v) is 9.39. The Bertz CT molecular complexity index is 298. The van der Waals surface area contributed by atoms with Crippen molar-refractivity contribution >= 4 is 11.9 Å². The summed E-state index contributed by atoms with van der Waals surface area (Å²) in [7, 11) is 0. The summed E-state index contributed by atoms with van der Waals surface area (Å²) in [4.78, 5) is 24.3. The van der Waals surface area contributed by atoms with Gasteiger partial charge < -0.3 is 14.7 Å². The van der Waals surface area contributed by atoms with Gasteiger partial charge in [-0.1, -0.05) is 6.92 Å². The molecule has 2 rings (SSSR count).